The van der Waals surface area contributed by atoms with Gasteiger partial charge in [0.2, 0.25) is 0 Å². The van der Waals surface area contributed by atoms with Gasteiger partial charge < -0.3 is 38.6 Å². The zero-order chi connectivity index (χ0) is 71.7. The smallest absolute Gasteiger partial charge is 0.417 e. The fourth-order valence-electron chi connectivity index (χ4n) is 13.0. The van der Waals surface area contributed by atoms with E-state index in [0.29, 0.717) is 45.3 Å². The van der Waals surface area contributed by atoms with E-state index in [1.54, 1.807) is 46.2 Å². The summed E-state index contributed by atoms with van der Waals surface area (Å²) in [6.45, 7) is -1.04. The maximum absolute atomic E-state index is 16.2. The Morgan fingerprint density at radius 3 is 1.23 bits per heavy atom. The molecule has 0 unspecified atom stereocenters. The summed E-state index contributed by atoms with van der Waals surface area (Å²) >= 11 is 0. The van der Waals surface area contributed by atoms with Crippen LogP contribution in [0.15, 0.2) is 156 Å². The summed E-state index contributed by atoms with van der Waals surface area (Å²) in [5, 5.41) is 21.4. The molecule has 6 atom stereocenters. The Hall–Kier alpha value is -9.08. The molecule has 8 aromatic rings. The van der Waals surface area contributed by atoms with Crippen molar-refractivity contribution < 1.29 is 99.4 Å². The fourth-order valence-corrected chi connectivity index (χ4v) is 16.0. The molecule has 0 spiro atoms. The first-order chi connectivity index (χ1) is 47.5. The van der Waals surface area contributed by atoms with Crippen LogP contribution in [0.4, 0.5) is 55.5 Å². The molecule has 2 N–H and O–H groups in total. The lowest BCUT2D eigenvalue weighted by atomic mass is 9.81. The van der Waals surface area contributed by atoms with Crippen LogP contribution >= 0.6 is 0 Å². The van der Waals surface area contributed by atoms with E-state index in [0.717, 1.165) is 69.8 Å². The molecule has 100 heavy (non-hydrogen) atoms. The van der Waals surface area contributed by atoms with Crippen LogP contribution in [-0.2, 0) is 33.1 Å². The molecule has 2 fully saturated rings. The van der Waals surface area contributed by atoms with Gasteiger partial charge in [0.05, 0.1) is 54.7 Å². The predicted octanol–water partition coefficient (Wildman–Crippen LogP) is 12.2. The minimum Gasteiger partial charge on any atom is -0.497 e. The third kappa shape index (κ3) is 14.6. The van der Waals surface area contributed by atoms with Crippen molar-refractivity contribution in [1.82, 2.24) is 29.7 Å². The van der Waals surface area contributed by atoms with Crippen molar-refractivity contribution in [2.75, 3.05) is 63.4 Å². The van der Waals surface area contributed by atoms with E-state index in [9.17, 15) is 62.2 Å². The molecule has 0 aliphatic carbocycles. The largest absolute Gasteiger partial charge is 0.497 e. The average Bonchev–Trinajstić information content (AvgIpc) is 0.753. The van der Waals surface area contributed by atoms with Crippen LogP contribution in [0.3, 0.4) is 0 Å². The van der Waals surface area contributed by atoms with Crippen LogP contribution in [0.25, 0.3) is 0 Å². The highest BCUT2D eigenvalue weighted by atomic mass is 32.2. The van der Waals surface area contributed by atoms with Gasteiger partial charge in [-0.2, -0.15) is 26.3 Å². The highest BCUT2D eigenvalue weighted by Crippen LogP contribution is 2.53. The number of rotatable bonds is 18. The zero-order valence-corrected chi connectivity index (χ0v) is 55.4. The number of aromatic nitrogens is 4. The molecule has 6 heterocycles. The molecule has 0 saturated carbocycles. The van der Waals surface area contributed by atoms with Crippen molar-refractivity contribution in [3.05, 3.63) is 203 Å². The normalized spacial score (nSPS) is 21.2. The van der Waals surface area contributed by atoms with Crippen LogP contribution in [-0.4, -0.2) is 135 Å². The maximum atomic E-state index is 16.2. The van der Waals surface area contributed by atoms with Crippen molar-refractivity contribution in [3.63, 3.8) is 0 Å². The van der Waals surface area contributed by atoms with Crippen LogP contribution in [0, 0.1) is 23.3 Å². The van der Waals surface area contributed by atoms with E-state index < -0.39 is 127 Å². The van der Waals surface area contributed by atoms with E-state index >= 15 is 8.78 Å². The van der Waals surface area contributed by atoms with Gasteiger partial charge in [-0.15, -0.1) is 0 Å². The summed E-state index contributed by atoms with van der Waals surface area (Å²) in [5.41, 5.74) is -4.06. The number of fused-ring (bicyclic) bond motifs is 2. The minimum atomic E-state index is -4.92. The van der Waals surface area contributed by atoms with Gasteiger partial charge in [-0.05, 0) is 84.6 Å². The Balaban J connectivity index is 0.000000202. The molecule has 0 bridgehead atoms. The Kier molecular flexibility index (Phi) is 20.8. The van der Waals surface area contributed by atoms with Gasteiger partial charge in [0.25, 0.3) is 20.0 Å². The summed E-state index contributed by atoms with van der Waals surface area (Å²) in [4.78, 5) is 17.9. The van der Waals surface area contributed by atoms with E-state index in [-0.39, 0.29) is 86.5 Å². The summed E-state index contributed by atoms with van der Waals surface area (Å²) < 4.78 is 236. The molecular weight excluding hydrogens is 1370 g/mol. The number of ether oxygens (including phenoxy) is 6. The minimum absolute atomic E-state index is 0.0282. The van der Waals surface area contributed by atoms with Crippen LogP contribution in [0.5, 0.6) is 34.5 Å². The van der Waals surface area contributed by atoms with Crippen LogP contribution in [0.1, 0.15) is 96.1 Å². The van der Waals surface area contributed by atoms with Gasteiger partial charge in [-0.1, -0.05) is 24.3 Å². The van der Waals surface area contributed by atoms with Gasteiger partial charge in [-0.3, -0.25) is 9.80 Å². The molecule has 4 aliphatic rings. The van der Waals surface area contributed by atoms with Gasteiger partial charge in [0.1, 0.15) is 91.8 Å². The number of likely N-dealkylation sites (tertiary alicyclic amines) is 2. The number of aliphatic hydroxyl groups is 2. The van der Waals surface area contributed by atoms with Gasteiger partial charge >= 0.3 is 12.4 Å². The monoisotopic (exact) mass is 1440 g/mol. The Bertz CT molecular complexity index is 4190. The number of halogens is 10. The summed E-state index contributed by atoms with van der Waals surface area (Å²) in [5.74, 6) is -1.92. The van der Waals surface area contributed by atoms with E-state index in [4.69, 9.17) is 28.4 Å². The Morgan fingerprint density at radius 1 is 0.520 bits per heavy atom. The number of piperidine rings is 2. The first-order valence-corrected chi connectivity index (χ1v) is 33.9. The topological polar surface area (TPSA) is 229 Å². The summed E-state index contributed by atoms with van der Waals surface area (Å²) in [7, 11) is -3.64. The Labute approximate surface area is 568 Å². The molecule has 532 valence electrons. The molecule has 0 radical (unpaired) electrons. The van der Waals surface area contributed by atoms with Gasteiger partial charge in [-0.25, -0.2) is 62.9 Å². The van der Waals surface area contributed by atoms with Crippen molar-refractivity contribution >= 4 is 31.7 Å². The average molecular weight is 1440 g/mol. The molecule has 2 saturated heterocycles. The first kappa shape index (κ1) is 72.2. The van der Waals surface area contributed by atoms with Gasteiger partial charge in [0.15, 0.2) is 11.2 Å². The third-order valence-corrected chi connectivity index (χ3v) is 21.9. The predicted molar refractivity (Wildman–Crippen MR) is 341 cm³/mol. The molecule has 0 amide bonds. The molecule has 20 nitrogen and oxygen atoms in total. The number of alkyl halides is 6. The van der Waals surface area contributed by atoms with Crippen molar-refractivity contribution in [3.8, 4) is 34.5 Å². The van der Waals surface area contributed by atoms with Crippen LogP contribution < -0.4 is 37.0 Å². The highest BCUT2D eigenvalue weighted by Gasteiger charge is 2.59. The second-order valence-electron chi connectivity index (χ2n) is 24.0. The molecule has 12 rings (SSSR count). The number of sulfonamides is 2. The van der Waals surface area contributed by atoms with E-state index in [1.807, 2.05) is 0 Å². The lowest BCUT2D eigenvalue weighted by Crippen LogP contribution is -2.55. The van der Waals surface area contributed by atoms with Gasteiger partial charge in [0, 0.05) is 134 Å². The van der Waals surface area contributed by atoms with Crippen molar-refractivity contribution in [1.29, 1.82) is 0 Å². The highest BCUT2D eigenvalue weighted by molar-refractivity contribution is 7.93. The zero-order valence-electron chi connectivity index (χ0n) is 53.8. The standard InChI is InChI=1S/2C34H33F5N4O6S/c2*1-47-24-8-5-22(29(15-24)48-2)19-43(32-9-12-40-20-41-32)50(45,46)31-17-30-25(16-26(31)36)27(10-14-49-30)42-13-11-33(44,34(37,38)39)18-28(42)21-3-6-23(35)7-4-21/h2*3-9,12,15-17,20,27-28,44H,10-11,13-14,18-19H2,1-2H3/t27-,28+,33+;27-,28-,33-/m10/s1. The van der Waals surface area contributed by atoms with E-state index in [2.05, 4.69) is 19.9 Å². The molecule has 4 aliphatic heterocycles. The number of anilines is 2. The first-order valence-electron chi connectivity index (χ1n) is 31.0. The SMILES string of the molecule is COc1ccc(CN(c2ccncn2)S(=O)(=O)c2cc3c(cc2F)[C@@H](N2CC[C@@](O)(C(F)(F)F)C[C@H]2c2ccc(F)cc2)CCO3)c(OC)c1.COc1ccc(CN(c2ccncn2)S(=O)(=O)c2cc3c(cc2F)[C@H](N2CC[C@@](O)(C(F)(F)F)C[C@H]2c2ccc(F)cc2)CCO3)c(OC)c1. The number of hydrogen-bond donors (Lipinski definition) is 2. The number of hydrogen-bond acceptors (Lipinski definition) is 18. The number of benzene rings is 6. The molecule has 2 aromatic heterocycles. The van der Waals surface area contributed by atoms with Crippen molar-refractivity contribution in [2.45, 2.75) is 109 Å². The quantitative estimate of drug-likeness (QED) is 0.0761. The molecule has 32 heteroatoms. The Morgan fingerprint density at radius 2 is 0.900 bits per heavy atom. The third-order valence-electron chi connectivity index (χ3n) is 18.3. The second-order valence-corrected chi connectivity index (χ2v) is 27.7. The molecular formula is C68H66F10N8O12S2. The number of methoxy groups -OCH3 is 4. The fraction of sp³-hybridized carbons (Fsp3) is 0.353. The summed E-state index contributed by atoms with van der Waals surface area (Å²) in [6, 6.07) is 22.8. The number of nitrogens with zero attached hydrogens (tertiary/aromatic N) is 8. The lowest BCUT2D eigenvalue weighted by Gasteiger charge is -2.48. The second kappa shape index (κ2) is 28.9. The summed E-state index contributed by atoms with van der Waals surface area (Å²) in [6.07, 6.45) is -7.22. The van der Waals surface area contributed by atoms with Crippen LogP contribution in [0.2, 0.25) is 0 Å². The van der Waals surface area contributed by atoms with E-state index in [1.165, 1.54) is 77.2 Å². The maximum Gasteiger partial charge on any atom is 0.417 e. The molecule has 6 aromatic carbocycles. The lowest BCUT2D eigenvalue weighted by molar-refractivity contribution is -0.280. The van der Waals surface area contributed by atoms with Crippen molar-refractivity contribution in [2.24, 2.45) is 0 Å².